The number of aliphatic hydroxyl groups is 5. The predicted octanol–water partition coefficient (Wildman–Crippen LogP) is -2.77. The van der Waals surface area contributed by atoms with Crippen LogP contribution in [-0.4, -0.2) is 208 Å². The lowest BCUT2D eigenvalue weighted by atomic mass is 9.94. The number of ether oxygens (including phenoxy) is 7. The van der Waals surface area contributed by atoms with Gasteiger partial charge in [-0.25, -0.2) is 0 Å². The summed E-state index contributed by atoms with van der Waals surface area (Å²) in [6, 6.07) is -1.61. The highest BCUT2D eigenvalue weighted by molar-refractivity contribution is 5.78. The lowest BCUT2D eigenvalue weighted by Crippen LogP contribution is -2.64. The molecule has 0 aromatic carbocycles. The summed E-state index contributed by atoms with van der Waals surface area (Å²) >= 11 is 0. The minimum Gasteiger partial charge on any atom is -0.394 e. The van der Waals surface area contributed by atoms with E-state index in [1.807, 2.05) is 20.8 Å². The average molecular weight is 995 g/mol. The molecule has 24 nitrogen and oxygen atoms in total. The molecule has 2 fully saturated rings. The van der Waals surface area contributed by atoms with Gasteiger partial charge in [0.05, 0.1) is 57.9 Å². The summed E-state index contributed by atoms with van der Waals surface area (Å²) in [6.45, 7) is 10.4. The van der Waals surface area contributed by atoms with Crippen molar-refractivity contribution in [2.24, 2.45) is 11.8 Å². The fraction of sp³-hybridized carbons (Fsp3) is 0.867. The minimum atomic E-state index is -1.41. The molecule has 6 amide bonds. The third kappa shape index (κ3) is 25.3. The Morgan fingerprint density at radius 2 is 1.07 bits per heavy atom. The Morgan fingerprint density at radius 3 is 1.58 bits per heavy atom. The van der Waals surface area contributed by atoms with Crippen LogP contribution >= 0.6 is 0 Å². The summed E-state index contributed by atoms with van der Waals surface area (Å²) in [6.07, 6.45) is -5.11. The smallest absolute Gasteiger partial charge is 0.222 e. The molecule has 0 aliphatic carbocycles. The van der Waals surface area contributed by atoms with Gasteiger partial charge in [0.15, 0.2) is 12.6 Å². The van der Waals surface area contributed by atoms with E-state index in [-0.39, 0.29) is 139 Å². The van der Waals surface area contributed by atoms with Crippen molar-refractivity contribution in [1.29, 1.82) is 0 Å². The number of carbonyl (C=O) groups is 6. The predicted molar refractivity (Wildman–Crippen MR) is 246 cm³/mol. The molecule has 2 rings (SSSR count). The second kappa shape index (κ2) is 35.4. The van der Waals surface area contributed by atoms with Gasteiger partial charge in [-0.1, -0.05) is 13.8 Å². The Bertz CT molecular complexity index is 1500. The molecule has 0 aromatic heterocycles. The lowest BCUT2D eigenvalue weighted by Gasteiger charge is -2.42. The highest BCUT2D eigenvalue weighted by atomic mass is 16.7. The van der Waals surface area contributed by atoms with E-state index in [1.54, 1.807) is 0 Å². The Kier molecular flexibility index (Phi) is 31.6. The van der Waals surface area contributed by atoms with E-state index in [0.717, 1.165) is 0 Å². The van der Waals surface area contributed by atoms with Gasteiger partial charge in [-0.15, -0.1) is 0 Å². The zero-order valence-corrected chi connectivity index (χ0v) is 41.0. The molecule has 0 radical (unpaired) electrons. The van der Waals surface area contributed by atoms with Gasteiger partial charge in [0.2, 0.25) is 35.4 Å². The maximum absolute atomic E-state index is 12.6. The summed E-state index contributed by atoms with van der Waals surface area (Å²) in [5.41, 5.74) is 0. The molecule has 2 heterocycles. The van der Waals surface area contributed by atoms with Crippen LogP contribution in [0, 0.1) is 11.8 Å². The zero-order chi connectivity index (χ0) is 51.1. The topological polar surface area (TPSA) is 340 Å². The van der Waals surface area contributed by atoms with Crippen LogP contribution in [0.4, 0.5) is 0 Å². The number of unbranched alkanes of at least 4 members (excludes halogenated alkanes) is 2. The van der Waals surface area contributed by atoms with Crippen LogP contribution in [0.5, 0.6) is 0 Å². The third-order valence-corrected chi connectivity index (χ3v) is 11.3. The van der Waals surface area contributed by atoms with Crippen molar-refractivity contribution in [3.8, 4) is 0 Å². The van der Waals surface area contributed by atoms with Gasteiger partial charge in [-0.2, -0.15) is 0 Å². The van der Waals surface area contributed by atoms with E-state index < -0.39 is 67.7 Å². The first-order valence-electron chi connectivity index (χ1n) is 24.2. The number of hydrogen-bond acceptors (Lipinski definition) is 18. The van der Waals surface area contributed by atoms with Crippen molar-refractivity contribution in [2.45, 2.75) is 154 Å². The molecule has 0 aromatic rings. The minimum absolute atomic E-state index is 0.0153. The molecule has 400 valence electrons. The Morgan fingerprint density at radius 1 is 0.594 bits per heavy atom. The largest absolute Gasteiger partial charge is 0.394 e. The van der Waals surface area contributed by atoms with Crippen LogP contribution < -0.4 is 31.9 Å². The lowest BCUT2D eigenvalue weighted by molar-refractivity contribution is -0.270. The molecule has 2 aliphatic heterocycles. The molecule has 0 bridgehead atoms. The third-order valence-electron chi connectivity index (χ3n) is 11.3. The fourth-order valence-electron chi connectivity index (χ4n) is 7.64. The summed E-state index contributed by atoms with van der Waals surface area (Å²) in [7, 11) is 0. The van der Waals surface area contributed by atoms with Crippen LogP contribution in [0.1, 0.15) is 92.4 Å². The van der Waals surface area contributed by atoms with E-state index in [0.29, 0.717) is 45.5 Å². The zero-order valence-electron chi connectivity index (χ0n) is 41.0. The maximum atomic E-state index is 12.6. The second-order valence-corrected chi connectivity index (χ2v) is 17.3. The molecular formula is C45H82N6O18. The van der Waals surface area contributed by atoms with Gasteiger partial charge in [0.25, 0.3) is 0 Å². The van der Waals surface area contributed by atoms with Gasteiger partial charge in [0, 0.05) is 104 Å². The molecule has 12 unspecified atom stereocenters. The van der Waals surface area contributed by atoms with Crippen LogP contribution in [0.3, 0.4) is 0 Å². The number of nitrogens with one attached hydrogen (secondary N) is 6. The van der Waals surface area contributed by atoms with Gasteiger partial charge >= 0.3 is 0 Å². The SMILES string of the molecule is CCOCC(C)C(OCCC(=O)NCCNC(=O)CCCCOC1OC(CO)C(O)C(O)C1NC(C)=O)C(C)COCCC(=O)NCCNC(=O)CCCCOC1OC(CO)C(O)CC1NC(C)=O. The number of amides is 6. The molecule has 12 atom stereocenters. The van der Waals surface area contributed by atoms with Gasteiger partial charge in [-0.05, 0) is 32.6 Å². The standard InChI is InChI=1S/C45H82N6O18/c1-6-63-26-28(2)43(65-22-14-39(60)49-18-16-47-37(58)12-8-10-20-67-45-40(51-31(5)55)42(62)41(61)35(25-53)69-45)29(3)27-64-21-13-38(59)48-17-15-46-36(57)11-7-9-19-66-44-32(50-30(4)54)23-33(56)34(24-52)68-44/h28-29,32-35,40-45,52-53,56,61-62H,6-27H2,1-5H3,(H,46,57)(H,47,58)(H,48,59)(H,49,60)(H,50,54)(H,51,55). The number of hydrogen-bond donors (Lipinski definition) is 11. The monoisotopic (exact) mass is 995 g/mol. The van der Waals surface area contributed by atoms with E-state index in [9.17, 15) is 54.3 Å². The molecule has 0 spiro atoms. The fourth-order valence-corrected chi connectivity index (χ4v) is 7.64. The number of aliphatic hydroxyl groups excluding tert-OH is 5. The van der Waals surface area contributed by atoms with Gasteiger partial charge in [0.1, 0.15) is 30.5 Å². The number of rotatable bonds is 36. The Labute approximate surface area is 405 Å². The highest BCUT2D eigenvalue weighted by Crippen LogP contribution is 2.24. The van der Waals surface area contributed by atoms with Crippen molar-refractivity contribution >= 4 is 35.4 Å². The molecule has 11 N–H and O–H groups in total. The molecular weight excluding hydrogens is 913 g/mol. The van der Waals surface area contributed by atoms with Crippen molar-refractivity contribution in [2.75, 3.05) is 85.6 Å². The first kappa shape index (κ1) is 61.5. The summed E-state index contributed by atoms with van der Waals surface area (Å²) in [5.74, 6) is -1.74. The van der Waals surface area contributed by atoms with Crippen LogP contribution in [-0.2, 0) is 61.9 Å². The Hall–Kier alpha value is -3.66. The summed E-state index contributed by atoms with van der Waals surface area (Å²) in [5, 5.41) is 65.7. The van der Waals surface area contributed by atoms with E-state index in [2.05, 4.69) is 31.9 Å². The molecule has 2 aliphatic rings. The normalized spacial score (nSPS) is 24.9. The first-order chi connectivity index (χ1) is 33.0. The van der Waals surface area contributed by atoms with E-state index >= 15 is 0 Å². The maximum Gasteiger partial charge on any atom is 0.222 e. The van der Waals surface area contributed by atoms with E-state index in [1.165, 1.54) is 13.8 Å². The molecule has 24 heteroatoms. The number of carbonyl (C=O) groups excluding carboxylic acids is 6. The highest BCUT2D eigenvalue weighted by Gasteiger charge is 2.45. The van der Waals surface area contributed by atoms with Crippen LogP contribution in [0.25, 0.3) is 0 Å². The Balaban J connectivity index is 1.56. The molecule has 69 heavy (non-hydrogen) atoms. The second-order valence-electron chi connectivity index (χ2n) is 17.3. The quantitative estimate of drug-likeness (QED) is 0.0283. The molecule has 0 saturated carbocycles. The van der Waals surface area contributed by atoms with Gasteiger partial charge < -0.3 is 90.6 Å². The van der Waals surface area contributed by atoms with Crippen molar-refractivity contribution in [1.82, 2.24) is 31.9 Å². The first-order valence-corrected chi connectivity index (χ1v) is 24.2. The van der Waals surface area contributed by atoms with Crippen LogP contribution in [0.2, 0.25) is 0 Å². The van der Waals surface area contributed by atoms with E-state index in [4.69, 9.17) is 33.2 Å². The summed E-state index contributed by atoms with van der Waals surface area (Å²) in [4.78, 5) is 72.7. The average Bonchev–Trinajstić information content (AvgIpc) is 3.30. The van der Waals surface area contributed by atoms with Crippen molar-refractivity contribution < 1.29 is 87.5 Å². The van der Waals surface area contributed by atoms with Crippen molar-refractivity contribution in [3.63, 3.8) is 0 Å². The van der Waals surface area contributed by atoms with Gasteiger partial charge in [-0.3, -0.25) is 28.8 Å². The summed E-state index contributed by atoms with van der Waals surface area (Å²) < 4.78 is 40.1. The molecule has 2 saturated heterocycles. The van der Waals surface area contributed by atoms with Crippen LogP contribution in [0.15, 0.2) is 0 Å². The van der Waals surface area contributed by atoms with Crippen molar-refractivity contribution in [3.05, 3.63) is 0 Å².